The highest BCUT2D eigenvalue weighted by atomic mass is 19.4. The van der Waals surface area contributed by atoms with Crippen LogP contribution in [0, 0.1) is 13.8 Å². The van der Waals surface area contributed by atoms with Crippen molar-refractivity contribution in [3.05, 3.63) is 93.8 Å². The molecule has 2 N–H and O–H groups in total. The zero-order chi connectivity index (χ0) is 23.8. The Hall–Kier alpha value is -4.07. The number of amides is 2. The molecule has 0 bridgehead atoms. The second kappa shape index (κ2) is 8.46. The van der Waals surface area contributed by atoms with E-state index >= 15 is 0 Å². The fourth-order valence-electron chi connectivity index (χ4n) is 3.72. The summed E-state index contributed by atoms with van der Waals surface area (Å²) in [5.74, 6) is 0. The van der Waals surface area contributed by atoms with Crippen LogP contribution in [-0.2, 0) is 6.18 Å². The first-order valence-corrected chi connectivity index (χ1v) is 10.0. The number of hydrogen-bond acceptors (Lipinski definition) is 3. The molecule has 1 heterocycles. The van der Waals surface area contributed by atoms with Crippen molar-refractivity contribution in [3.63, 3.8) is 0 Å². The average Bonchev–Trinajstić information content (AvgIpc) is 2.75. The van der Waals surface area contributed by atoms with Gasteiger partial charge in [-0.3, -0.25) is 0 Å². The SMILES string of the molecule is Cc1cc(C)c2oc(=O)c(NC(=O)Nc3cccc(C(F)(F)F)c3)c(-c3ccccc3)c2c1. The van der Waals surface area contributed by atoms with E-state index in [2.05, 4.69) is 10.6 Å². The maximum Gasteiger partial charge on any atom is 0.416 e. The fraction of sp³-hybridized carbons (Fsp3) is 0.120. The van der Waals surface area contributed by atoms with Gasteiger partial charge in [0.15, 0.2) is 0 Å². The molecule has 0 unspecified atom stereocenters. The number of urea groups is 1. The average molecular weight is 452 g/mol. The summed E-state index contributed by atoms with van der Waals surface area (Å²) in [7, 11) is 0. The van der Waals surface area contributed by atoms with Gasteiger partial charge in [0.1, 0.15) is 11.3 Å². The highest BCUT2D eigenvalue weighted by Gasteiger charge is 2.30. The van der Waals surface area contributed by atoms with Crippen molar-refractivity contribution in [3.8, 4) is 11.1 Å². The number of carbonyl (C=O) groups is 1. The Bertz CT molecular complexity index is 1410. The number of nitrogens with one attached hydrogen (secondary N) is 2. The quantitative estimate of drug-likeness (QED) is 0.338. The van der Waals surface area contributed by atoms with Crippen molar-refractivity contribution >= 4 is 28.4 Å². The van der Waals surface area contributed by atoms with Crippen LogP contribution < -0.4 is 16.3 Å². The zero-order valence-corrected chi connectivity index (χ0v) is 17.7. The van der Waals surface area contributed by atoms with Gasteiger partial charge in [-0.05, 0) is 54.8 Å². The minimum absolute atomic E-state index is 0.0690. The zero-order valence-electron chi connectivity index (χ0n) is 17.7. The lowest BCUT2D eigenvalue weighted by Crippen LogP contribution is -2.24. The molecule has 3 aromatic carbocycles. The van der Waals surface area contributed by atoms with Crippen molar-refractivity contribution in [2.75, 3.05) is 10.6 Å². The Morgan fingerprint density at radius 1 is 0.909 bits per heavy atom. The van der Waals surface area contributed by atoms with E-state index in [9.17, 15) is 22.8 Å². The molecule has 0 atom stereocenters. The molecule has 4 rings (SSSR count). The summed E-state index contributed by atoms with van der Waals surface area (Å²) in [4.78, 5) is 25.5. The van der Waals surface area contributed by atoms with E-state index < -0.39 is 23.4 Å². The Labute approximate surface area is 186 Å². The number of benzene rings is 3. The lowest BCUT2D eigenvalue weighted by atomic mass is 9.97. The van der Waals surface area contributed by atoms with E-state index in [-0.39, 0.29) is 11.4 Å². The molecular weight excluding hydrogens is 433 g/mol. The van der Waals surface area contributed by atoms with Gasteiger partial charge in [-0.25, -0.2) is 9.59 Å². The molecule has 0 radical (unpaired) electrons. The molecule has 168 valence electrons. The van der Waals surface area contributed by atoms with Crippen molar-refractivity contribution < 1.29 is 22.4 Å². The molecule has 0 fully saturated rings. The molecule has 0 aliphatic carbocycles. The van der Waals surface area contributed by atoms with Gasteiger partial charge in [0.25, 0.3) is 0 Å². The number of alkyl halides is 3. The Morgan fingerprint density at radius 2 is 1.64 bits per heavy atom. The van der Waals surface area contributed by atoms with E-state index in [0.717, 1.165) is 23.3 Å². The highest BCUT2D eigenvalue weighted by molar-refractivity contribution is 6.07. The molecule has 33 heavy (non-hydrogen) atoms. The summed E-state index contributed by atoms with van der Waals surface area (Å²) in [6.45, 7) is 3.72. The molecule has 0 saturated heterocycles. The first-order chi connectivity index (χ1) is 15.6. The predicted molar refractivity (Wildman–Crippen MR) is 121 cm³/mol. The summed E-state index contributed by atoms with van der Waals surface area (Å²) >= 11 is 0. The smallest absolute Gasteiger partial charge is 0.416 e. The standard InChI is InChI=1S/C25H19F3N2O3/c1-14-11-15(2)22-19(12-14)20(16-7-4-3-5-8-16)21(23(31)33-22)30-24(32)29-18-10-6-9-17(13-18)25(26,27)28/h3-13H,1-2H3,(H2,29,30,32). The predicted octanol–water partition coefficient (Wildman–Crippen LogP) is 6.74. The summed E-state index contributed by atoms with van der Waals surface area (Å²) in [6, 6.07) is 16.1. The summed E-state index contributed by atoms with van der Waals surface area (Å²) in [5, 5.41) is 5.46. The van der Waals surface area contributed by atoms with Crippen molar-refractivity contribution in [2.24, 2.45) is 0 Å². The van der Waals surface area contributed by atoms with Crippen LogP contribution in [0.3, 0.4) is 0 Å². The van der Waals surface area contributed by atoms with Gasteiger partial charge >= 0.3 is 17.8 Å². The van der Waals surface area contributed by atoms with Gasteiger partial charge in [0.2, 0.25) is 0 Å². The van der Waals surface area contributed by atoms with E-state index in [0.29, 0.717) is 22.1 Å². The largest absolute Gasteiger partial charge is 0.421 e. The fourth-order valence-corrected chi connectivity index (χ4v) is 3.72. The number of halogens is 3. The molecular formula is C25H19F3N2O3. The molecule has 2 amide bonds. The van der Waals surface area contributed by atoms with E-state index in [1.165, 1.54) is 12.1 Å². The molecule has 0 aliphatic heterocycles. The molecule has 0 aliphatic rings. The van der Waals surface area contributed by atoms with Gasteiger partial charge in [-0.2, -0.15) is 13.2 Å². The van der Waals surface area contributed by atoms with E-state index in [1.54, 1.807) is 24.3 Å². The van der Waals surface area contributed by atoms with Gasteiger partial charge in [0.05, 0.1) is 5.56 Å². The normalized spacial score (nSPS) is 11.4. The third-order valence-electron chi connectivity index (χ3n) is 5.09. The molecule has 8 heteroatoms. The number of carbonyl (C=O) groups excluding carboxylic acids is 1. The van der Waals surface area contributed by atoms with Crippen LogP contribution in [0.5, 0.6) is 0 Å². The maximum atomic E-state index is 13.0. The van der Waals surface area contributed by atoms with Gasteiger partial charge in [-0.1, -0.05) is 42.5 Å². The summed E-state index contributed by atoms with van der Waals surface area (Å²) in [6.07, 6.45) is -4.55. The molecule has 0 spiro atoms. The third-order valence-corrected chi connectivity index (χ3v) is 5.09. The Kier molecular flexibility index (Phi) is 5.68. The van der Waals surface area contributed by atoms with Gasteiger partial charge < -0.3 is 15.1 Å². The molecule has 5 nitrogen and oxygen atoms in total. The van der Waals surface area contributed by atoms with Crippen LogP contribution in [-0.4, -0.2) is 6.03 Å². The highest BCUT2D eigenvalue weighted by Crippen LogP contribution is 2.35. The minimum atomic E-state index is -4.55. The van der Waals surface area contributed by atoms with Crippen molar-refractivity contribution in [2.45, 2.75) is 20.0 Å². The topological polar surface area (TPSA) is 71.3 Å². The third kappa shape index (κ3) is 4.59. The first-order valence-electron chi connectivity index (χ1n) is 10.0. The van der Waals surface area contributed by atoms with E-state index in [4.69, 9.17) is 4.42 Å². The molecule has 1 aromatic heterocycles. The lowest BCUT2D eigenvalue weighted by molar-refractivity contribution is -0.137. The number of hydrogen-bond donors (Lipinski definition) is 2. The van der Waals surface area contributed by atoms with Crippen LogP contribution in [0.4, 0.5) is 29.3 Å². The second-order valence-corrected chi connectivity index (χ2v) is 7.62. The number of fused-ring (bicyclic) bond motifs is 1. The van der Waals surface area contributed by atoms with Crippen molar-refractivity contribution in [1.82, 2.24) is 0 Å². The van der Waals surface area contributed by atoms with Crippen LogP contribution in [0.15, 0.2) is 75.9 Å². The van der Waals surface area contributed by atoms with Gasteiger partial charge in [-0.15, -0.1) is 0 Å². The Balaban J connectivity index is 1.79. The van der Waals surface area contributed by atoms with Crippen LogP contribution in [0.2, 0.25) is 0 Å². The van der Waals surface area contributed by atoms with Crippen LogP contribution in [0.1, 0.15) is 16.7 Å². The summed E-state index contributed by atoms with van der Waals surface area (Å²) in [5.41, 5.74) is 1.39. The molecule has 4 aromatic rings. The van der Waals surface area contributed by atoms with Crippen LogP contribution >= 0.6 is 0 Å². The number of anilines is 2. The number of rotatable bonds is 3. The minimum Gasteiger partial charge on any atom is -0.421 e. The van der Waals surface area contributed by atoms with Crippen molar-refractivity contribution in [1.29, 1.82) is 0 Å². The second-order valence-electron chi connectivity index (χ2n) is 7.62. The maximum absolute atomic E-state index is 13.0. The first kappa shape index (κ1) is 22.1. The monoisotopic (exact) mass is 452 g/mol. The number of aryl methyl sites for hydroxylation is 2. The van der Waals surface area contributed by atoms with Gasteiger partial charge in [0, 0.05) is 16.6 Å². The lowest BCUT2D eigenvalue weighted by Gasteiger charge is -2.15. The Morgan fingerprint density at radius 3 is 2.33 bits per heavy atom. The molecule has 0 saturated carbocycles. The van der Waals surface area contributed by atoms with E-state index in [1.807, 2.05) is 32.0 Å². The van der Waals surface area contributed by atoms with Crippen LogP contribution in [0.25, 0.3) is 22.1 Å². The summed E-state index contributed by atoms with van der Waals surface area (Å²) < 4.78 is 44.4.